The van der Waals surface area contributed by atoms with E-state index in [2.05, 4.69) is 0 Å². The first-order valence-electron chi connectivity index (χ1n) is 6.90. The molecule has 2 N–H and O–H groups in total. The zero-order valence-corrected chi connectivity index (χ0v) is 12.1. The zero-order valence-electron chi connectivity index (χ0n) is 12.1. The van der Waals surface area contributed by atoms with Gasteiger partial charge in [0.2, 0.25) is 0 Å². The molecule has 6 heteroatoms. The van der Waals surface area contributed by atoms with E-state index in [4.69, 9.17) is 19.3 Å². The molecule has 0 fully saturated rings. The Morgan fingerprint density at radius 3 is 2.86 bits per heavy atom. The molecule has 2 rings (SSSR count). The fraction of sp³-hybridized carbons (Fsp3) is 0.533. The fourth-order valence-corrected chi connectivity index (χ4v) is 1.98. The lowest BCUT2D eigenvalue weighted by molar-refractivity contribution is -0.144. The van der Waals surface area contributed by atoms with Gasteiger partial charge in [-0.3, -0.25) is 0 Å². The first-order chi connectivity index (χ1) is 9.95. The standard InChI is InChI=1S/C15H20O6/c1-9(2)19-7-11(16)8-20-12-4-3-10-5-14(15(17)18)21-13(10)6-12/h3-4,6,9,11,14,16H,5,7-8H2,1-2H3,(H,17,18). The number of carbonyl (C=O) groups is 1. The van der Waals surface area contributed by atoms with Crippen LogP contribution in [0.5, 0.6) is 11.5 Å². The highest BCUT2D eigenvalue weighted by atomic mass is 16.5. The Morgan fingerprint density at radius 2 is 2.19 bits per heavy atom. The van der Waals surface area contributed by atoms with E-state index in [0.717, 1.165) is 5.56 Å². The zero-order chi connectivity index (χ0) is 15.4. The van der Waals surface area contributed by atoms with Gasteiger partial charge in [0.1, 0.15) is 24.2 Å². The number of aliphatic hydroxyl groups is 1. The van der Waals surface area contributed by atoms with Crippen LogP contribution in [-0.2, 0) is 16.0 Å². The summed E-state index contributed by atoms with van der Waals surface area (Å²) < 4.78 is 16.1. The van der Waals surface area contributed by atoms with Crippen LogP contribution in [0.15, 0.2) is 18.2 Å². The first-order valence-corrected chi connectivity index (χ1v) is 6.90. The van der Waals surface area contributed by atoms with Gasteiger partial charge >= 0.3 is 5.97 Å². The maximum absolute atomic E-state index is 10.9. The largest absolute Gasteiger partial charge is 0.491 e. The summed E-state index contributed by atoms with van der Waals surface area (Å²) in [5.74, 6) is 0.0751. The van der Waals surface area contributed by atoms with Gasteiger partial charge in [0, 0.05) is 12.5 Å². The van der Waals surface area contributed by atoms with Crippen molar-refractivity contribution in [2.75, 3.05) is 13.2 Å². The third-order valence-electron chi connectivity index (χ3n) is 3.05. The van der Waals surface area contributed by atoms with E-state index < -0.39 is 18.2 Å². The molecule has 0 bridgehead atoms. The maximum Gasteiger partial charge on any atom is 0.345 e. The molecule has 1 aromatic rings. The van der Waals surface area contributed by atoms with Gasteiger partial charge in [-0.05, 0) is 25.5 Å². The van der Waals surface area contributed by atoms with Gasteiger partial charge in [-0.2, -0.15) is 0 Å². The van der Waals surface area contributed by atoms with E-state index in [9.17, 15) is 9.90 Å². The molecule has 2 unspecified atom stereocenters. The Morgan fingerprint density at radius 1 is 1.43 bits per heavy atom. The predicted molar refractivity (Wildman–Crippen MR) is 74.8 cm³/mol. The van der Waals surface area contributed by atoms with Crippen molar-refractivity contribution in [1.82, 2.24) is 0 Å². The molecule has 0 amide bonds. The van der Waals surface area contributed by atoms with E-state index in [0.29, 0.717) is 17.9 Å². The number of hydrogen-bond donors (Lipinski definition) is 2. The number of ether oxygens (including phenoxy) is 3. The Kier molecular flexibility index (Phi) is 5.03. The number of hydrogen-bond acceptors (Lipinski definition) is 5. The Labute approximate surface area is 123 Å². The lowest BCUT2D eigenvalue weighted by atomic mass is 10.1. The average molecular weight is 296 g/mol. The van der Waals surface area contributed by atoms with Crippen LogP contribution in [0.25, 0.3) is 0 Å². The van der Waals surface area contributed by atoms with Gasteiger partial charge in [-0.1, -0.05) is 6.07 Å². The van der Waals surface area contributed by atoms with Crippen LogP contribution in [0, 0.1) is 0 Å². The van der Waals surface area contributed by atoms with Crippen molar-refractivity contribution in [2.45, 2.75) is 38.6 Å². The van der Waals surface area contributed by atoms with Gasteiger partial charge in [0.15, 0.2) is 6.10 Å². The summed E-state index contributed by atoms with van der Waals surface area (Å²) in [6.45, 7) is 4.10. The van der Waals surface area contributed by atoms with E-state index in [1.807, 2.05) is 13.8 Å². The highest BCUT2D eigenvalue weighted by molar-refractivity contribution is 5.74. The van der Waals surface area contributed by atoms with Crippen molar-refractivity contribution in [3.05, 3.63) is 23.8 Å². The molecule has 1 aromatic carbocycles. The minimum atomic E-state index is -0.977. The summed E-state index contributed by atoms with van der Waals surface area (Å²) in [7, 11) is 0. The molecular weight excluding hydrogens is 276 g/mol. The number of aliphatic carboxylic acids is 1. The highest BCUT2D eigenvalue weighted by Gasteiger charge is 2.29. The van der Waals surface area contributed by atoms with E-state index in [1.54, 1.807) is 18.2 Å². The second-order valence-corrected chi connectivity index (χ2v) is 5.27. The van der Waals surface area contributed by atoms with E-state index >= 15 is 0 Å². The summed E-state index contributed by atoms with van der Waals surface area (Å²) in [6, 6.07) is 5.17. The minimum absolute atomic E-state index is 0.0565. The molecule has 0 aliphatic carbocycles. The smallest absolute Gasteiger partial charge is 0.345 e. The topological polar surface area (TPSA) is 85.2 Å². The molecule has 0 aromatic heterocycles. The van der Waals surface area contributed by atoms with Gasteiger partial charge in [-0.15, -0.1) is 0 Å². The van der Waals surface area contributed by atoms with Crippen LogP contribution in [0.2, 0.25) is 0 Å². The normalized spacial score (nSPS) is 18.2. The molecule has 0 radical (unpaired) electrons. The second-order valence-electron chi connectivity index (χ2n) is 5.27. The number of carboxylic acids is 1. The minimum Gasteiger partial charge on any atom is -0.491 e. The molecule has 1 heterocycles. The average Bonchev–Trinajstić information content (AvgIpc) is 2.86. The van der Waals surface area contributed by atoms with Crippen molar-refractivity contribution in [3.8, 4) is 11.5 Å². The number of carboxylic acid groups (broad SMARTS) is 1. The van der Waals surface area contributed by atoms with E-state index in [1.165, 1.54) is 0 Å². The summed E-state index contributed by atoms with van der Waals surface area (Å²) in [4.78, 5) is 10.9. The van der Waals surface area contributed by atoms with Crippen molar-refractivity contribution >= 4 is 5.97 Å². The monoisotopic (exact) mass is 296 g/mol. The van der Waals surface area contributed by atoms with Crippen LogP contribution in [-0.4, -0.2) is 47.7 Å². The molecule has 1 aliphatic rings. The SMILES string of the molecule is CC(C)OCC(O)COc1ccc2c(c1)OC(C(=O)O)C2. The number of fused-ring (bicyclic) bond motifs is 1. The quantitative estimate of drug-likeness (QED) is 0.787. The van der Waals surface area contributed by atoms with Crippen LogP contribution >= 0.6 is 0 Å². The number of benzene rings is 1. The van der Waals surface area contributed by atoms with Gasteiger partial charge in [0.25, 0.3) is 0 Å². The lowest BCUT2D eigenvalue weighted by Gasteiger charge is -2.14. The van der Waals surface area contributed by atoms with Crippen LogP contribution < -0.4 is 9.47 Å². The lowest BCUT2D eigenvalue weighted by Crippen LogP contribution is -2.25. The van der Waals surface area contributed by atoms with Crippen molar-refractivity contribution in [2.24, 2.45) is 0 Å². The summed E-state index contributed by atoms with van der Waals surface area (Å²) in [5, 5.41) is 18.6. The second kappa shape index (κ2) is 6.78. The summed E-state index contributed by atoms with van der Waals surface area (Å²) in [5.41, 5.74) is 0.846. The Bertz CT molecular complexity index is 499. The van der Waals surface area contributed by atoms with Crippen molar-refractivity contribution < 1.29 is 29.2 Å². The number of rotatable bonds is 7. The van der Waals surface area contributed by atoms with Gasteiger partial charge < -0.3 is 24.4 Å². The van der Waals surface area contributed by atoms with Crippen LogP contribution in [0.4, 0.5) is 0 Å². The predicted octanol–water partition coefficient (Wildman–Crippen LogP) is 1.24. The van der Waals surface area contributed by atoms with Crippen molar-refractivity contribution in [1.29, 1.82) is 0 Å². The molecule has 0 spiro atoms. The Balaban J connectivity index is 1.86. The Hall–Kier alpha value is -1.79. The van der Waals surface area contributed by atoms with Crippen LogP contribution in [0.1, 0.15) is 19.4 Å². The third-order valence-corrected chi connectivity index (χ3v) is 3.05. The molecule has 0 saturated carbocycles. The molecule has 0 saturated heterocycles. The molecular formula is C15H20O6. The highest BCUT2D eigenvalue weighted by Crippen LogP contribution is 2.32. The summed E-state index contributed by atoms with van der Waals surface area (Å²) in [6.07, 6.45) is -1.13. The third kappa shape index (κ3) is 4.34. The molecule has 116 valence electrons. The van der Waals surface area contributed by atoms with Gasteiger partial charge in [-0.25, -0.2) is 4.79 Å². The van der Waals surface area contributed by atoms with Crippen molar-refractivity contribution in [3.63, 3.8) is 0 Å². The first kappa shape index (κ1) is 15.6. The fourth-order valence-electron chi connectivity index (χ4n) is 1.98. The van der Waals surface area contributed by atoms with Crippen LogP contribution in [0.3, 0.4) is 0 Å². The molecule has 2 atom stereocenters. The summed E-state index contributed by atoms with van der Waals surface area (Å²) >= 11 is 0. The molecule has 21 heavy (non-hydrogen) atoms. The van der Waals surface area contributed by atoms with Gasteiger partial charge in [0.05, 0.1) is 12.7 Å². The van der Waals surface area contributed by atoms with E-state index in [-0.39, 0.29) is 19.3 Å². The number of aliphatic hydroxyl groups excluding tert-OH is 1. The molecule has 1 aliphatic heterocycles. The molecule has 6 nitrogen and oxygen atoms in total. The maximum atomic E-state index is 10.9.